The predicted octanol–water partition coefficient (Wildman–Crippen LogP) is 2.45. The Balaban J connectivity index is 1.95. The van der Waals surface area contributed by atoms with Crippen LogP contribution < -0.4 is 5.32 Å². The standard InChI is InChI=1S/C15H15F2NO2/c16-13-5-12(6-14(17)15(13)20)8-18-7-10-2-1-3-11(4-10)9-19/h1-6,18-20H,7-9H2. The number of halogens is 2. The first-order chi connectivity index (χ1) is 9.60. The molecular weight excluding hydrogens is 264 g/mol. The highest BCUT2D eigenvalue weighted by Crippen LogP contribution is 2.21. The van der Waals surface area contributed by atoms with Crippen molar-refractivity contribution in [3.05, 3.63) is 64.7 Å². The molecule has 5 heteroatoms. The zero-order valence-electron chi connectivity index (χ0n) is 10.7. The van der Waals surface area contributed by atoms with E-state index in [1.54, 1.807) is 0 Å². The van der Waals surface area contributed by atoms with Gasteiger partial charge in [0.05, 0.1) is 6.61 Å². The molecule has 0 bridgehead atoms. The van der Waals surface area contributed by atoms with Crippen LogP contribution in [-0.2, 0) is 19.7 Å². The van der Waals surface area contributed by atoms with Gasteiger partial charge < -0.3 is 15.5 Å². The zero-order valence-corrected chi connectivity index (χ0v) is 10.7. The molecule has 2 rings (SSSR count). The molecule has 0 amide bonds. The van der Waals surface area contributed by atoms with Crippen molar-refractivity contribution >= 4 is 0 Å². The maximum absolute atomic E-state index is 13.1. The van der Waals surface area contributed by atoms with E-state index >= 15 is 0 Å². The molecule has 0 radical (unpaired) electrons. The van der Waals surface area contributed by atoms with Gasteiger partial charge in [0, 0.05) is 13.1 Å². The van der Waals surface area contributed by atoms with Gasteiger partial charge in [0.2, 0.25) is 0 Å². The van der Waals surface area contributed by atoms with E-state index in [4.69, 9.17) is 10.2 Å². The van der Waals surface area contributed by atoms with Crippen LogP contribution in [0.25, 0.3) is 0 Å². The van der Waals surface area contributed by atoms with Crippen LogP contribution in [0.4, 0.5) is 8.78 Å². The number of phenolic OH excluding ortho intramolecular Hbond substituents is 1. The van der Waals surface area contributed by atoms with E-state index in [0.717, 1.165) is 23.3 Å². The first-order valence-electron chi connectivity index (χ1n) is 6.16. The molecule has 0 aliphatic rings. The van der Waals surface area contributed by atoms with Gasteiger partial charge in [-0.05, 0) is 28.8 Å². The molecule has 0 unspecified atom stereocenters. The van der Waals surface area contributed by atoms with Crippen LogP contribution in [0.15, 0.2) is 36.4 Å². The fraction of sp³-hybridized carbons (Fsp3) is 0.200. The second-order valence-electron chi connectivity index (χ2n) is 4.49. The van der Waals surface area contributed by atoms with Crippen LogP contribution in [0.5, 0.6) is 5.75 Å². The summed E-state index contributed by atoms with van der Waals surface area (Å²) in [7, 11) is 0. The maximum atomic E-state index is 13.1. The monoisotopic (exact) mass is 279 g/mol. The van der Waals surface area contributed by atoms with E-state index in [-0.39, 0.29) is 13.2 Å². The molecule has 0 saturated heterocycles. The fourth-order valence-electron chi connectivity index (χ4n) is 1.91. The lowest BCUT2D eigenvalue weighted by molar-refractivity contribution is 0.281. The molecule has 20 heavy (non-hydrogen) atoms. The molecule has 0 atom stereocenters. The number of aromatic hydroxyl groups is 1. The van der Waals surface area contributed by atoms with Gasteiger partial charge >= 0.3 is 0 Å². The lowest BCUT2D eigenvalue weighted by atomic mass is 10.1. The molecule has 0 spiro atoms. The number of hydrogen-bond donors (Lipinski definition) is 3. The van der Waals surface area contributed by atoms with Crippen LogP contribution in [0, 0.1) is 11.6 Å². The molecule has 0 aromatic heterocycles. The number of aliphatic hydroxyl groups is 1. The summed E-state index contributed by atoms with van der Waals surface area (Å²) in [4.78, 5) is 0. The minimum absolute atomic E-state index is 0.0256. The van der Waals surface area contributed by atoms with Crippen molar-refractivity contribution in [1.82, 2.24) is 5.32 Å². The third kappa shape index (κ3) is 3.53. The van der Waals surface area contributed by atoms with E-state index in [1.807, 2.05) is 24.3 Å². The highest BCUT2D eigenvalue weighted by Gasteiger charge is 2.09. The zero-order chi connectivity index (χ0) is 14.5. The first-order valence-corrected chi connectivity index (χ1v) is 6.16. The highest BCUT2D eigenvalue weighted by molar-refractivity contribution is 5.30. The SMILES string of the molecule is OCc1cccc(CNCc2cc(F)c(O)c(F)c2)c1. The van der Waals surface area contributed by atoms with Gasteiger partial charge in [0.15, 0.2) is 17.4 Å². The van der Waals surface area contributed by atoms with Gasteiger partial charge in [-0.15, -0.1) is 0 Å². The summed E-state index contributed by atoms with van der Waals surface area (Å²) in [5, 5.41) is 21.1. The van der Waals surface area contributed by atoms with Gasteiger partial charge in [-0.3, -0.25) is 0 Å². The van der Waals surface area contributed by atoms with Crippen LogP contribution >= 0.6 is 0 Å². The van der Waals surface area contributed by atoms with Crippen LogP contribution in [0.1, 0.15) is 16.7 Å². The Hall–Kier alpha value is -1.98. The molecule has 3 N–H and O–H groups in total. The topological polar surface area (TPSA) is 52.5 Å². The number of nitrogens with one attached hydrogen (secondary N) is 1. The van der Waals surface area contributed by atoms with Crippen LogP contribution in [0.2, 0.25) is 0 Å². The maximum Gasteiger partial charge on any atom is 0.187 e. The quantitative estimate of drug-likeness (QED) is 0.788. The molecule has 0 aliphatic carbocycles. The van der Waals surface area contributed by atoms with E-state index in [9.17, 15) is 8.78 Å². The summed E-state index contributed by atoms with van der Waals surface area (Å²) >= 11 is 0. The van der Waals surface area contributed by atoms with Crippen molar-refractivity contribution < 1.29 is 19.0 Å². The second kappa shape index (κ2) is 6.45. The number of benzene rings is 2. The van der Waals surface area contributed by atoms with Crippen LogP contribution in [0.3, 0.4) is 0 Å². The Labute approximate surface area is 115 Å². The molecule has 2 aromatic carbocycles. The predicted molar refractivity (Wildman–Crippen MR) is 70.9 cm³/mol. The van der Waals surface area contributed by atoms with Crippen molar-refractivity contribution in [3.63, 3.8) is 0 Å². The number of rotatable bonds is 5. The largest absolute Gasteiger partial charge is 0.503 e. The fourth-order valence-corrected chi connectivity index (χ4v) is 1.91. The summed E-state index contributed by atoms with van der Waals surface area (Å²) in [6.45, 7) is 0.762. The van der Waals surface area contributed by atoms with Gasteiger partial charge in [-0.1, -0.05) is 24.3 Å². The minimum atomic E-state index is -0.968. The summed E-state index contributed by atoms with van der Waals surface area (Å²) in [5.74, 6) is -2.89. The average Bonchev–Trinajstić information content (AvgIpc) is 2.45. The Bertz CT molecular complexity index is 579. The van der Waals surface area contributed by atoms with Crippen molar-refractivity contribution in [2.45, 2.75) is 19.7 Å². The smallest absolute Gasteiger partial charge is 0.187 e. The molecule has 0 aliphatic heterocycles. The number of hydrogen-bond acceptors (Lipinski definition) is 3. The van der Waals surface area contributed by atoms with E-state index in [0.29, 0.717) is 12.1 Å². The summed E-state index contributed by atoms with van der Waals surface area (Å²) in [6.07, 6.45) is 0. The number of phenols is 1. The van der Waals surface area contributed by atoms with Gasteiger partial charge in [0.25, 0.3) is 0 Å². The van der Waals surface area contributed by atoms with Crippen molar-refractivity contribution in [3.8, 4) is 5.75 Å². The highest BCUT2D eigenvalue weighted by atomic mass is 19.1. The number of aliphatic hydroxyl groups excluding tert-OH is 1. The van der Waals surface area contributed by atoms with Crippen molar-refractivity contribution in [2.24, 2.45) is 0 Å². The third-order valence-electron chi connectivity index (χ3n) is 2.91. The Kier molecular flexibility index (Phi) is 4.65. The Morgan fingerprint density at radius 3 is 2.15 bits per heavy atom. The third-order valence-corrected chi connectivity index (χ3v) is 2.91. The van der Waals surface area contributed by atoms with Crippen molar-refractivity contribution in [2.75, 3.05) is 0 Å². The van der Waals surface area contributed by atoms with Gasteiger partial charge in [0.1, 0.15) is 0 Å². The lowest BCUT2D eigenvalue weighted by Crippen LogP contribution is -2.13. The van der Waals surface area contributed by atoms with Gasteiger partial charge in [-0.2, -0.15) is 0 Å². The molecule has 0 heterocycles. The normalized spacial score (nSPS) is 10.8. The lowest BCUT2D eigenvalue weighted by Gasteiger charge is -2.07. The average molecular weight is 279 g/mol. The molecule has 0 fully saturated rings. The second-order valence-corrected chi connectivity index (χ2v) is 4.49. The molecular formula is C15H15F2NO2. The minimum Gasteiger partial charge on any atom is -0.503 e. The Morgan fingerprint density at radius 2 is 1.50 bits per heavy atom. The van der Waals surface area contributed by atoms with E-state index in [2.05, 4.69) is 5.32 Å². The summed E-state index contributed by atoms with van der Waals surface area (Å²) < 4.78 is 26.3. The van der Waals surface area contributed by atoms with E-state index < -0.39 is 17.4 Å². The molecule has 0 saturated carbocycles. The molecule has 106 valence electrons. The first kappa shape index (κ1) is 14.4. The van der Waals surface area contributed by atoms with Crippen molar-refractivity contribution in [1.29, 1.82) is 0 Å². The molecule has 3 nitrogen and oxygen atoms in total. The summed E-state index contributed by atoms with van der Waals surface area (Å²) in [6, 6.07) is 9.58. The van der Waals surface area contributed by atoms with Crippen LogP contribution in [-0.4, -0.2) is 10.2 Å². The van der Waals surface area contributed by atoms with E-state index in [1.165, 1.54) is 0 Å². The summed E-state index contributed by atoms with van der Waals surface area (Å²) in [5.41, 5.74) is 2.19. The Morgan fingerprint density at radius 1 is 0.900 bits per heavy atom. The molecule has 2 aromatic rings. The van der Waals surface area contributed by atoms with Gasteiger partial charge in [-0.25, -0.2) is 8.78 Å².